The first-order chi connectivity index (χ1) is 20.0. The summed E-state index contributed by atoms with van der Waals surface area (Å²) in [7, 11) is 3.50. The van der Waals surface area contributed by atoms with Gasteiger partial charge in [-0.2, -0.15) is 0 Å². The van der Waals surface area contributed by atoms with Crippen molar-refractivity contribution in [2.45, 2.75) is 58.5 Å². The van der Waals surface area contributed by atoms with Gasteiger partial charge in [0, 0.05) is 69.4 Å². The average Bonchev–Trinajstić information content (AvgIpc) is 3.51. The Morgan fingerprint density at radius 1 is 0.634 bits per heavy atom. The van der Waals surface area contributed by atoms with Crippen LogP contribution in [0.15, 0.2) is 67.0 Å². The Morgan fingerprint density at radius 3 is 1.63 bits per heavy atom. The van der Waals surface area contributed by atoms with Crippen molar-refractivity contribution in [3.63, 3.8) is 0 Å². The maximum atomic E-state index is 6.03. The van der Waals surface area contributed by atoms with Crippen LogP contribution < -0.4 is 9.47 Å². The summed E-state index contributed by atoms with van der Waals surface area (Å²) < 4.78 is 16.7. The Morgan fingerprint density at radius 2 is 1.17 bits per heavy atom. The normalized spacial score (nSPS) is 11.7. The third-order valence-electron chi connectivity index (χ3n) is 8.07. The number of unbranched alkanes of at least 4 members (excludes halogenated alkanes) is 2. The fourth-order valence-electron chi connectivity index (χ4n) is 6.03. The molecule has 0 aliphatic carbocycles. The zero-order chi connectivity index (χ0) is 28.9. The van der Waals surface area contributed by atoms with Crippen LogP contribution in [0.5, 0.6) is 11.5 Å². The molecule has 41 heavy (non-hydrogen) atoms. The Balaban J connectivity index is 1.81. The highest BCUT2D eigenvalue weighted by Crippen LogP contribution is 2.45. The van der Waals surface area contributed by atoms with E-state index >= 15 is 0 Å². The SMILES string of the molecule is COc1ccc(OC)c(C(c2cn(CCCCBr)c3ccc(C)cc23)c2cn(CCCCBr)c3ccc(C)cc23)c1. The molecule has 5 aromatic rings. The van der Waals surface area contributed by atoms with Gasteiger partial charge in [0.25, 0.3) is 0 Å². The molecular weight excluding hydrogens is 640 g/mol. The van der Waals surface area contributed by atoms with Crippen molar-refractivity contribution in [1.29, 1.82) is 0 Å². The fourth-order valence-corrected chi connectivity index (χ4v) is 6.82. The molecule has 0 fully saturated rings. The molecule has 0 amide bonds. The van der Waals surface area contributed by atoms with E-state index in [1.54, 1.807) is 14.2 Å². The number of halogens is 2. The molecule has 0 N–H and O–H groups in total. The van der Waals surface area contributed by atoms with Crippen molar-refractivity contribution >= 4 is 53.7 Å². The van der Waals surface area contributed by atoms with Gasteiger partial charge in [0.1, 0.15) is 11.5 Å². The molecule has 0 unspecified atom stereocenters. The highest BCUT2D eigenvalue weighted by molar-refractivity contribution is 9.09. The van der Waals surface area contributed by atoms with Gasteiger partial charge in [-0.1, -0.05) is 55.1 Å². The Kier molecular flexibility index (Phi) is 9.82. The lowest BCUT2D eigenvalue weighted by molar-refractivity contribution is 0.398. The third-order valence-corrected chi connectivity index (χ3v) is 9.19. The first kappa shape index (κ1) is 29.8. The predicted octanol–water partition coefficient (Wildman–Crippen LogP) is 9.76. The largest absolute Gasteiger partial charge is 0.497 e. The van der Waals surface area contributed by atoms with E-state index in [-0.39, 0.29) is 5.92 Å². The summed E-state index contributed by atoms with van der Waals surface area (Å²) in [5, 5.41) is 4.64. The fraction of sp³-hybridized carbons (Fsp3) is 0.371. The van der Waals surface area contributed by atoms with Crippen molar-refractivity contribution in [3.05, 3.63) is 94.8 Å². The number of ether oxygens (including phenoxy) is 2. The topological polar surface area (TPSA) is 28.3 Å². The first-order valence-electron chi connectivity index (χ1n) is 14.5. The lowest BCUT2D eigenvalue weighted by Gasteiger charge is -2.21. The van der Waals surface area contributed by atoms with Crippen LogP contribution in [-0.2, 0) is 13.1 Å². The summed E-state index contributed by atoms with van der Waals surface area (Å²) in [5.41, 5.74) is 8.82. The predicted molar refractivity (Wildman–Crippen MR) is 180 cm³/mol. The lowest BCUT2D eigenvalue weighted by atomic mass is 9.83. The van der Waals surface area contributed by atoms with Crippen molar-refractivity contribution in [2.24, 2.45) is 0 Å². The molecule has 5 rings (SSSR count). The van der Waals surface area contributed by atoms with Crippen LogP contribution in [0.4, 0.5) is 0 Å². The molecule has 0 bridgehead atoms. The Labute approximate surface area is 260 Å². The molecule has 3 aromatic carbocycles. The standard InChI is InChI=1S/C35H40Br2N2O2/c1-24-9-12-32-27(19-24)30(22-38(32)17-7-5-15-36)35(29-21-26(40-3)11-14-34(29)41-4)31-23-39(18-8-6-16-37)33-13-10-25(2)20-28(31)33/h9-14,19-23,35H,5-8,15-18H2,1-4H3. The molecular formula is C35H40Br2N2O2. The van der Waals surface area contributed by atoms with E-state index in [9.17, 15) is 0 Å². The summed E-state index contributed by atoms with van der Waals surface area (Å²) in [6.07, 6.45) is 9.34. The average molecular weight is 681 g/mol. The van der Waals surface area contributed by atoms with Crippen LogP contribution in [0.1, 0.15) is 59.4 Å². The maximum absolute atomic E-state index is 6.03. The summed E-state index contributed by atoms with van der Waals surface area (Å²) in [6.45, 7) is 6.35. The molecule has 0 saturated carbocycles. The van der Waals surface area contributed by atoms with Crippen molar-refractivity contribution in [1.82, 2.24) is 9.13 Å². The number of aryl methyl sites for hydroxylation is 4. The number of hydrogen-bond donors (Lipinski definition) is 0. The van der Waals surface area contributed by atoms with E-state index in [1.807, 2.05) is 12.1 Å². The number of alkyl halides is 2. The van der Waals surface area contributed by atoms with E-state index in [2.05, 4.69) is 110 Å². The molecule has 2 aromatic heterocycles. The van der Waals surface area contributed by atoms with Gasteiger partial charge in [0.2, 0.25) is 0 Å². The number of rotatable bonds is 13. The van der Waals surface area contributed by atoms with Gasteiger partial charge in [0.15, 0.2) is 0 Å². The zero-order valence-electron chi connectivity index (χ0n) is 24.6. The number of fused-ring (bicyclic) bond motifs is 2. The second kappa shape index (κ2) is 13.5. The highest BCUT2D eigenvalue weighted by atomic mass is 79.9. The number of nitrogens with zero attached hydrogens (tertiary/aromatic N) is 2. The van der Waals surface area contributed by atoms with E-state index in [0.29, 0.717) is 0 Å². The minimum absolute atomic E-state index is 0.0384. The van der Waals surface area contributed by atoms with Gasteiger partial charge < -0.3 is 18.6 Å². The van der Waals surface area contributed by atoms with Gasteiger partial charge in [-0.3, -0.25) is 0 Å². The van der Waals surface area contributed by atoms with Crippen molar-refractivity contribution in [2.75, 3.05) is 24.9 Å². The van der Waals surface area contributed by atoms with Crippen LogP contribution >= 0.6 is 31.9 Å². The molecule has 0 spiro atoms. The summed E-state index contributed by atoms with van der Waals surface area (Å²) in [5.74, 6) is 1.67. The van der Waals surface area contributed by atoms with Gasteiger partial charge in [-0.25, -0.2) is 0 Å². The molecule has 0 saturated heterocycles. The molecule has 0 atom stereocenters. The van der Waals surface area contributed by atoms with E-state index in [4.69, 9.17) is 9.47 Å². The molecule has 2 heterocycles. The van der Waals surface area contributed by atoms with Crippen LogP contribution in [-0.4, -0.2) is 34.0 Å². The highest BCUT2D eigenvalue weighted by Gasteiger charge is 2.28. The lowest BCUT2D eigenvalue weighted by Crippen LogP contribution is -2.06. The van der Waals surface area contributed by atoms with Gasteiger partial charge in [-0.15, -0.1) is 0 Å². The molecule has 0 aliphatic heterocycles. The van der Waals surface area contributed by atoms with Crippen LogP contribution in [0.3, 0.4) is 0 Å². The second-order valence-electron chi connectivity index (χ2n) is 10.9. The number of methoxy groups -OCH3 is 2. The van der Waals surface area contributed by atoms with Gasteiger partial charge in [-0.05, 0) is 93.1 Å². The number of aromatic nitrogens is 2. The molecule has 6 heteroatoms. The Bertz CT molecular complexity index is 1540. The quantitative estimate of drug-likeness (QED) is 0.0916. The maximum Gasteiger partial charge on any atom is 0.123 e. The van der Waals surface area contributed by atoms with E-state index in [1.165, 1.54) is 44.1 Å². The number of benzene rings is 3. The number of hydrogen-bond acceptors (Lipinski definition) is 2. The summed E-state index contributed by atoms with van der Waals surface area (Å²) >= 11 is 7.23. The van der Waals surface area contributed by atoms with Crippen LogP contribution in [0.2, 0.25) is 0 Å². The van der Waals surface area contributed by atoms with Gasteiger partial charge in [0.05, 0.1) is 14.2 Å². The van der Waals surface area contributed by atoms with E-state index in [0.717, 1.165) is 66.5 Å². The second-order valence-corrected chi connectivity index (χ2v) is 12.5. The summed E-state index contributed by atoms with van der Waals surface area (Å²) in [4.78, 5) is 0. The monoisotopic (exact) mass is 678 g/mol. The summed E-state index contributed by atoms with van der Waals surface area (Å²) in [6, 6.07) is 19.9. The van der Waals surface area contributed by atoms with Crippen LogP contribution in [0.25, 0.3) is 21.8 Å². The third kappa shape index (κ3) is 6.24. The van der Waals surface area contributed by atoms with E-state index < -0.39 is 0 Å². The minimum atomic E-state index is -0.0384. The molecule has 0 radical (unpaired) electrons. The minimum Gasteiger partial charge on any atom is -0.497 e. The van der Waals surface area contributed by atoms with Crippen molar-refractivity contribution in [3.8, 4) is 11.5 Å². The zero-order valence-corrected chi connectivity index (χ0v) is 27.7. The smallest absolute Gasteiger partial charge is 0.123 e. The first-order valence-corrected chi connectivity index (χ1v) is 16.8. The van der Waals surface area contributed by atoms with Crippen LogP contribution in [0, 0.1) is 13.8 Å². The Hall–Kier alpha value is -2.70. The molecule has 0 aliphatic rings. The van der Waals surface area contributed by atoms with Crippen molar-refractivity contribution < 1.29 is 9.47 Å². The molecule has 216 valence electrons. The van der Waals surface area contributed by atoms with Gasteiger partial charge >= 0.3 is 0 Å². The molecule has 4 nitrogen and oxygen atoms in total.